The Bertz CT molecular complexity index is 299. The van der Waals surface area contributed by atoms with Gasteiger partial charge in [0, 0.05) is 5.57 Å². The summed E-state index contributed by atoms with van der Waals surface area (Å²) in [6.07, 6.45) is 8.55. The van der Waals surface area contributed by atoms with Crippen LogP contribution < -0.4 is 0 Å². The first-order valence-corrected chi connectivity index (χ1v) is 6.67. The zero-order chi connectivity index (χ0) is 13.4. The smallest absolute Gasteiger partial charge is 0.335 e. The first kappa shape index (κ1) is 15.0. The van der Waals surface area contributed by atoms with E-state index in [9.17, 15) is 4.79 Å². The molecule has 0 spiro atoms. The molecule has 3 heteroatoms. The quantitative estimate of drug-likeness (QED) is 0.239. The molecule has 0 saturated heterocycles. The molecule has 0 aromatic rings. The molecule has 3 nitrogen and oxygen atoms in total. The fraction of sp³-hybridized carbons (Fsp3) is 0.667. The van der Waals surface area contributed by atoms with Crippen LogP contribution in [0.1, 0.15) is 39.5 Å². The molecular weight excluding hydrogens is 228 g/mol. The van der Waals surface area contributed by atoms with E-state index in [2.05, 4.69) is 19.6 Å². The highest BCUT2D eigenvalue weighted by Crippen LogP contribution is 2.29. The Morgan fingerprint density at radius 2 is 2.00 bits per heavy atom. The molecule has 0 amide bonds. The Morgan fingerprint density at radius 1 is 1.33 bits per heavy atom. The second kappa shape index (κ2) is 8.09. The molecule has 0 heterocycles. The molecule has 0 atom stereocenters. The maximum atomic E-state index is 11.6. The lowest BCUT2D eigenvalue weighted by Gasteiger charge is -2.24. The van der Waals surface area contributed by atoms with Gasteiger partial charge in [0.25, 0.3) is 0 Å². The minimum absolute atomic E-state index is 0.00225. The van der Waals surface area contributed by atoms with Gasteiger partial charge >= 0.3 is 5.97 Å². The van der Waals surface area contributed by atoms with Gasteiger partial charge in [-0.25, -0.2) is 4.79 Å². The Labute approximate surface area is 110 Å². The zero-order valence-corrected chi connectivity index (χ0v) is 11.5. The van der Waals surface area contributed by atoms with E-state index in [0.717, 1.165) is 5.92 Å². The molecular formula is C15H24O3. The minimum atomic E-state index is -0.280. The number of hydrogen-bond acceptors (Lipinski definition) is 3. The highest BCUT2D eigenvalue weighted by molar-refractivity contribution is 5.87. The Kier molecular flexibility index (Phi) is 6.73. The average Bonchev–Trinajstić information content (AvgIpc) is 2.37. The number of ether oxygens (including phenoxy) is 2. The van der Waals surface area contributed by atoms with E-state index in [1.54, 1.807) is 6.08 Å². The molecule has 1 saturated carbocycles. The highest BCUT2D eigenvalue weighted by atomic mass is 16.7. The van der Waals surface area contributed by atoms with Crippen molar-refractivity contribution in [3.63, 3.8) is 0 Å². The first-order chi connectivity index (χ1) is 8.63. The van der Waals surface area contributed by atoms with Crippen molar-refractivity contribution in [1.82, 2.24) is 0 Å². The minimum Gasteiger partial charge on any atom is -0.435 e. The maximum absolute atomic E-state index is 11.6. The summed E-state index contributed by atoms with van der Waals surface area (Å²) in [5.74, 6) is 1.08. The number of carbonyl (C=O) groups excluding carboxylic acids is 1. The lowest BCUT2D eigenvalue weighted by Crippen LogP contribution is -2.14. The van der Waals surface area contributed by atoms with Crippen molar-refractivity contribution in [1.29, 1.82) is 0 Å². The van der Waals surface area contributed by atoms with E-state index in [4.69, 9.17) is 9.47 Å². The molecule has 0 unspecified atom stereocenters. The molecule has 1 rings (SSSR count). The fourth-order valence-electron chi connectivity index (χ4n) is 2.21. The molecule has 0 bridgehead atoms. The van der Waals surface area contributed by atoms with Crippen LogP contribution in [0, 0.1) is 11.8 Å². The standard InChI is InChI=1S/C15H24O3/c1-4-9-17-11-18-15(16)13(3)10-14-7-5-12(2)6-8-14/h4,10,12,14H,1,5-9,11H2,2-3H3. The van der Waals surface area contributed by atoms with Crippen molar-refractivity contribution >= 4 is 5.97 Å². The SMILES string of the molecule is C=CCOCOC(=O)C(C)=CC1CCC(C)CC1. The van der Waals surface area contributed by atoms with Gasteiger partial charge in [0.15, 0.2) is 6.79 Å². The van der Waals surface area contributed by atoms with Gasteiger partial charge in [-0.15, -0.1) is 6.58 Å². The summed E-state index contributed by atoms with van der Waals surface area (Å²) in [6, 6.07) is 0. The number of rotatable bonds is 6. The summed E-state index contributed by atoms with van der Waals surface area (Å²) >= 11 is 0. The molecule has 102 valence electrons. The van der Waals surface area contributed by atoms with Gasteiger partial charge in [0.05, 0.1) is 6.61 Å². The van der Waals surface area contributed by atoms with Crippen LogP contribution in [-0.2, 0) is 14.3 Å². The van der Waals surface area contributed by atoms with Crippen LogP contribution in [0.2, 0.25) is 0 Å². The molecule has 0 N–H and O–H groups in total. The van der Waals surface area contributed by atoms with Crippen molar-refractivity contribution in [2.75, 3.05) is 13.4 Å². The first-order valence-electron chi connectivity index (χ1n) is 6.67. The fourth-order valence-corrected chi connectivity index (χ4v) is 2.21. The number of carbonyl (C=O) groups is 1. The normalized spacial score (nSPS) is 24.7. The third-order valence-electron chi connectivity index (χ3n) is 3.38. The van der Waals surface area contributed by atoms with Crippen LogP contribution in [0.4, 0.5) is 0 Å². The predicted octanol–water partition coefficient (Wildman–Crippen LogP) is 3.46. The summed E-state index contributed by atoms with van der Waals surface area (Å²) in [7, 11) is 0. The highest BCUT2D eigenvalue weighted by Gasteiger charge is 2.17. The van der Waals surface area contributed by atoms with E-state index in [-0.39, 0.29) is 12.8 Å². The molecule has 18 heavy (non-hydrogen) atoms. The second-order valence-corrected chi connectivity index (χ2v) is 5.08. The van der Waals surface area contributed by atoms with E-state index in [1.807, 2.05) is 6.92 Å². The summed E-state index contributed by atoms with van der Waals surface area (Å²) in [6.45, 7) is 8.02. The van der Waals surface area contributed by atoms with Crippen LogP contribution in [0.3, 0.4) is 0 Å². The van der Waals surface area contributed by atoms with Gasteiger partial charge in [-0.3, -0.25) is 0 Å². The van der Waals surface area contributed by atoms with E-state index in [1.165, 1.54) is 25.7 Å². The lowest BCUT2D eigenvalue weighted by molar-refractivity contribution is -0.150. The molecule has 0 radical (unpaired) electrons. The molecule has 1 aliphatic rings. The van der Waals surface area contributed by atoms with Crippen molar-refractivity contribution in [3.8, 4) is 0 Å². The van der Waals surface area contributed by atoms with Gasteiger partial charge < -0.3 is 9.47 Å². The van der Waals surface area contributed by atoms with Gasteiger partial charge in [0.2, 0.25) is 0 Å². The Morgan fingerprint density at radius 3 is 2.61 bits per heavy atom. The van der Waals surface area contributed by atoms with Gasteiger partial charge in [-0.1, -0.05) is 31.9 Å². The summed E-state index contributed by atoms with van der Waals surface area (Å²) in [5, 5.41) is 0. The van der Waals surface area contributed by atoms with Crippen LogP contribution in [0.25, 0.3) is 0 Å². The van der Waals surface area contributed by atoms with Gasteiger partial charge in [-0.2, -0.15) is 0 Å². The van der Waals surface area contributed by atoms with Crippen molar-refractivity contribution < 1.29 is 14.3 Å². The second-order valence-electron chi connectivity index (χ2n) is 5.08. The third-order valence-corrected chi connectivity index (χ3v) is 3.38. The third kappa shape index (κ3) is 5.50. The van der Waals surface area contributed by atoms with Crippen molar-refractivity contribution in [2.45, 2.75) is 39.5 Å². The number of allylic oxidation sites excluding steroid dienone is 1. The molecule has 0 aliphatic heterocycles. The lowest BCUT2D eigenvalue weighted by atomic mass is 9.82. The topological polar surface area (TPSA) is 35.5 Å². The van der Waals surface area contributed by atoms with Crippen molar-refractivity contribution in [3.05, 3.63) is 24.3 Å². The van der Waals surface area contributed by atoms with E-state index in [0.29, 0.717) is 18.1 Å². The largest absolute Gasteiger partial charge is 0.435 e. The Balaban J connectivity index is 2.30. The van der Waals surface area contributed by atoms with Crippen LogP contribution in [0.15, 0.2) is 24.3 Å². The van der Waals surface area contributed by atoms with Crippen molar-refractivity contribution in [2.24, 2.45) is 11.8 Å². The van der Waals surface area contributed by atoms with Crippen LogP contribution >= 0.6 is 0 Å². The van der Waals surface area contributed by atoms with Crippen LogP contribution in [-0.4, -0.2) is 19.4 Å². The molecule has 1 aliphatic carbocycles. The van der Waals surface area contributed by atoms with Gasteiger partial charge in [-0.05, 0) is 31.6 Å². The predicted molar refractivity (Wildman–Crippen MR) is 72.0 cm³/mol. The molecule has 1 fully saturated rings. The Hall–Kier alpha value is -1.09. The monoisotopic (exact) mass is 252 g/mol. The summed E-state index contributed by atoms with van der Waals surface area (Å²) in [4.78, 5) is 11.6. The molecule has 0 aromatic heterocycles. The number of esters is 1. The average molecular weight is 252 g/mol. The molecule has 0 aromatic carbocycles. The number of hydrogen-bond donors (Lipinski definition) is 0. The summed E-state index contributed by atoms with van der Waals surface area (Å²) in [5.41, 5.74) is 0.691. The van der Waals surface area contributed by atoms with E-state index < -0.39 is 0 Å². The zero-order valence-electron chi connectivity index (χ0n) is 11.5. The van der Waals surface area contributed by atoms with Crippen LogP contribution in [0.5, 0.6) is 0 Å². The van der Waals surface area contributed by atoms with Gasteiger partial charge in [0.1, 0.15) is 0 Å². The van der Waals surface area contributed by atoms with E-state index >= 15 is 0 Å². The maximum Gasteiger partial charge on any atom is 0.335 e. The summed E-state index contributed by atoms with van der Waals surface area (Å²) < 4.78 is 10.0.